The van der Waals surface area contributed by atoms with Crippen LogP contribution in [0.4, 0.5) is 0 Å². The molecule has 0 aliphatic carbocycles. The van der Waals surface area contributed by atoms with E-state index < -0.39 is 0 Å². The molecule has 0 saturated carbocycles. The normalized spacial score (nSPS) is 10.6. The van der Waals surface area contributed by atoms with Gasteiger partial charge in [-0.25, -0.2) is 0 Å². The van der Waals surface area contributed by atoms with Gasteiger partial charge in [-0.1, -0.05) is 39.8 Å². The van der Waals surface area contributed by atoms with Gasteiger partial charge in [0.2, 0.25) is 0 Å². The van der Waals surface area contributed by atoms with Crippen molar-refractivity contribution < 1.29 is 4.74 Å². The van der Waals surface area contributed by atoms with Crippen LogP contribution in [0.25, 0.3) is 17.1 Å². The molecular weight excluding hydrogens is 436 g/mol. The van der Waals surface area contributed by atoms with Crippen molar-refractivity contribution in [1.82, 2.24) is 14.8 Å². The van der Waals surface area contributed by atoms with Crippen LogP contribution in [0, 0.1) is 11.3 Å². The van der Waals surface area contributed by atoms with Gasteiger partial charge in [-0.2, -0.15) is 5.26 Å². The predicted octanol–water partition coefficient (Wildman–Crippen LogP) is 5.88. The maximum atomic E-state index is 8.69. The van der Waals surface area contributed by atoms with Crippen molar-refractivity contribution >= 4 is 27.7 Å². The summed E-state index contributed by atoms with van der Waals surface area (Å²) in [5, 5.41) is 18.4. The Hall–Kier alpha value is -2.30. The number of hydrogen-bond donors (Lipinski definition) is 0. The zero-order valence-corrected chi connectivity index (χ0v) is 18.0. The first-order chi connectivity index (χ1) is 13.7. The third kappa shape index (κ3) is 5.15. The minimum atomic E-state index is 0.594. The number of rotatable bonds is 9. The van der Waals surface area contributed by atoms with Crippen molar-refractivity contribution in [3.63, 3.8) is 0 Å². The molecule has 0 aliphatic heterocycles. The van der Waals surface area contributed by atoms with Crippen molar-refractivity contribution in [3.05, 3.63) is 53.0 Å². The zero-order chi connectivity index (χ0) is 19.8. The molecule has 0 saturated heterocycles. The fourth-order valence-electron chi connectivity index (χ4n) is 2.71. The van der Waals surface area contributed by atoms with Gasteiger partial charge in [-0.05, 0) is 56.2 Å². The van der Waals surface area contributed by atoms with Crippen LogP contribution in [0.3, 0.4) is 0 Å². The largest absolute Gasteiger partial charge is 0.494 e. The first-order valence-corrected chi connectivity index (χ1v) is 10.9. The Morgan fingerprint density at radius 3 is 2.50 bits per heavy atom. The molecule has 28 heavy (non-hydrogen) atoms. The van der Waals surface area contributed by atoms with Crippen LogP contribution in [0.5, 0.6) is 5.75 Å². The van der Waals surface area contributed by atoms with Crippen molar-refractivity contribution in [1.29, 1.82) is 5.26 Å². The highest BCUT2D eigenvalue weighted by atomic mass is 79.9. The molecule has 0 fully saturated rings. The van der Waals surface area contributed by atoms with E-state index in [0.29, 0.717) is 13.0 Å². The van der Waals surface area contributed by atoms with Crippen molar-refractivity contribution in [2.45, 2.75) is 31.3 Å². The second kappa shape index (κ2) is 10.3. The Kier molecular flexibility index (Phi) is 7.52. The van der Waals surface area contributed by atoms with Gasteiger partial charge in [-0.15, -0.1) is 10.2 Å². The van der Waals surface area contributed by atoms with Crippen molar-refractivity contribution in [3.8, 4) is 28.9 Å². The lowest BCUT2D eigenvalue weighted by molar-refractivity contribution is 0.340. The summed E-state index contributed by atoms with van der Waals surface area (Å²) in [6.45, 7) is 2.61. The molecule has 1 aromatic heterocycles. The Labute approximate surface area is 177 Å². The minimum absolute atomic E-state index is 0.594. The van der Waals surface area contributed by atoms with Crippen LogP contribution in [-0.2, 0) is 0 Å². The number of aromatic nitrogens is 3. The lowest BCUT2D eigenvalue weighted by Crippen LogP contribution is -2.00. The number of halogens is 1. The third-order valence-electron chi connectivity index (χ3n) is 4.06. The Balaban J connectivity index is 1.91. The quantitative estimate of drug-likeness (QED) is 0.297. The molecule has 5 nitrogen and oxygen atoms in total. The lowest BCUT2D eigenvalue weighted by atomic mass is 10.2. The summed E-state index contributed by atoms with van der Waals surface area (Å²) in [5.41, 5.74) is 1.99. The Bertz CT molecular complexity index is 933. The summed E-state index contributed by atoms with van der Waals surface area (Å²) >= 11 is 5.15. The van der Waals surface area contributed by atoms with E-state index in [1.807, 2.05) is 55.5 Å². The lowest BCUT2D eigenvalue weighted by Gasteiger charge is -2.11. The minimum Gasteiger partial charge on any atom is -0.494 e. The Morgan fingerprint density at radius 2 is 1.82 bits per heavy atom. The number of hydrogen-bond acceptors (Lipinski definition) is 5. The van der Waals surface area contributed by atoms with E-state index in [1.165, 1.54) is 0 Å². The molecule has 0 aliphatic rings. The number of nitriles is 1. The molecule has 3 aromatic rings. The highest BCUT2D eigenvalue weighted by molar-refractivity contribution is 9.10. The number of benzene rings is 2. The summed E-state index contributed by atoms with van der Waals surface area (Å²) in [6, 6.07) is 18.2. The van der Waals surface area contributed by atoms with E-state index in [9.17, 15) is 0 Å². The topological polar surface area (TPSA) is 63.7 Å². The van der Waals surface area contributed by atoms with Crippen LogP contribution >= 0.6 is 27.7 Å². The first kappa shape index (κ1) is 20.4. The maximum Gasteiger partial charge on any atom is 0.196 e. The molecule has 3 rings (SSSR count). The van der Waals surface area contributed by atoms with E-state index >= 15 is 0 Å². The zero-order valence-electron chi connectivity index (χ0n) is 15.6. The van der Waals surface area contributed by atoms with Gasteiger partial charge in [0, 0.05) is 27.9 Å². The number of ether oxygens (including phenoxy) is 1. The number of nitrogens with zero attached hydrogens (tertiary/aromatic N) is 4. The van der Waals surface area contributed by atoms with Gasteiger partial charge in [-0.3, -0.25) is 4.57 Å². The van der Waals surface area contributed by atoms with E-state index in [2.05, 4.69) is 36.8 Å². The molecule has 7 heteroatoms. The summed E-state index contributed by atoms with van der Waals surface area (Å²) in [7, 11) is 0. The second-order valence-corrected chi connectivity index (χ2v) is 8.02. The van der Waals surface area contributed by atoms with Gasteiger partial charge < -0.3 is 4.74 Å². The van der Waals surface area contributed by atoms with Gasteiger partial charge >= 0.3 is 0 Å². The molecule has 0 atom stereocenters. The smallest absolute Gasteiger partial charge is 0.196 e. The van der Waals surface area contributed by atoms with Crippen molar-refractivity contribution in [2.24, 2.45) is 0 Å². The van der Waals surface area contributed by atoms with Gasteiger partial charge in [0.05, 0.1) is 12.7 Å². The Morgan fingerprint density at radius 1 is 1.07 bits per heavy atom. The summed E-state index contributed by atoms with van der Waals surface area (Å²) < 4.78 is 8.66. The van der Waals surface area contributed by atoms with Crippen LogP contribution in [0.2, 0.25) is 0 Å². The first-order valence-electron chi connectivity index (χ1n) is 9.17. The molecule has 2 aromatic carbocycles. The molecule has 1 heterocycles. The number of thioether (sulfide) groups is 1. The molecule has 144 valence electrons. The van der Waals surface area contributed by atoms with Gasteiger partial charge in [0.15, 0.2) is 11.0 Å². The molecule has 0 N–H and O–H groups in total. The third-order valence-corrected chi connectivity index (χ3v) is 5.60. The van der Waals surface area contributed by atoms with Gasteiger partial charge in [0.25, 0.3) is 0 Å². The van der Waals surface area contributed by atoms with Crippen LogP contribution < -0.4 is 4.74 Å². The van der Waals surface area contributed by atoms with Crippen LogP contribution in [0.15, 0.2) is 58.2 Å². The van der Waals surface area contributed by atoms with E-state index in [4.69, 9.17) is 10.00 Å². The number of unbranched alkanes of at least 4 members (excludes halogenated alkanes) is 2. The van der Waals surface area contributed by atoms with Crippen LogP contribution in [0.1, 0.15) is 26.2 Å². The maximum absolute atomic E-state index is 8.69. The summed E-state index contributed by atoms with van der Waals surface area (Å²) in [6.07, 6.45) is 2.47. The second-order valence-electron chi connectivity index (χ2n) is 6.04. The van der Waals surface area contributed by atoms with Crippen molar-refractivity contribution in [2.75, 3.05) is 12.4 Å². The molecule has 0 bridgehead atoms. The monoisotopic (exact) mass is 456 g/mol. The predicted molar refractivity (Wildman–Crippen MR) is 116 cm³/mol. The van der Waals surface area contributed by atoms with E-state index in [-0.39, 0.29) is 0 Å². The highest BCUT2D eigenvalue weighted by Gasteiger charge is 2.16. The van der Waals surface area contributed by atoms with Crippen LogP contribution in [-0.4, -0.2) is 27.1 Å². The standard InChI is InChI=1S/C21H21BrN4OS/c1-2-27-19-12-10-18(11-13-19)26-20(16-6-8-17(22)9-7-16)24-25-21(26)28-15-5-3-4-14-23/h6-13H,2-5,15H2,1H3. The average molecular weight is 457 g/mol. The van der Waals surface area contributed by atoms with E-state index in [0.717, 1.165) is 51.0 Å². The molecule has 0 unspecified atom stereocenters. The average Bonchev–Trinajstić information content (AvgIpc) is 3.13. The summed E-state index contributed by atoms with van der Waals surface area (Å²) in [5.74, 6) is 2.54. The highest BCUT2D eigenvalue weighted by Crippen LogP contribution is 2.30. The van der Waals surface area contributed by atoms with Gasteiger partial charge in [0.1, 0.15) is 5.75 Å². The fourth-order valence-corrected chi connectivity index (χ4v) is 3.92. The van der Waals surface area contributed by atoms with E-state index in [1.54, 1.807) is 11.8 Å². The SMILES string of the molecule is CCOc1ccc(-n2c(SCCCCC#N)nnc2-c2ccc(Br)cc2)cc1. The fraction of sp³-hybridized carbons (Fsp3) is 0.286. The molecule has 0 amide bonds. The molecule has 0 radical (unpaired) electrons. The molecule has 0 spiro atoms. The molecular formula is C21H21BrN4OS. The summed E-state index contributed by atoms with van der Waals surface area (Å²) in [4.78, 5) is 0.